The molecule has 0 saturated carbocycles. The molecule has 2 aromatic heterocycles. The summed E-state index contributed by atoms with van der Waals surface area (Å²) in [5.41, 5.74) is 1.17. The Morgan fingerprint density at radius 2 is 1.97 bits per heavy atom. The molecule has 1 amide bonds. The van der Waals surface area contributed by atoms with Gasteiger partial charge in [0.2, 0.25) is 0 Å². The molecule has 0 spiro atoms. The number of esters is 1. The van der Waals surface area contributed by atoms with Crippen molar-refractivity contribution in [3.63, 3.8) is 0 Å². The van der Waals surface area contributed by atoms with E-state index >= 15 is 0 Å². The molecular formula is C21H21N3O5S. The van der Waals surface area contributed by atoms with Crippen LogP contribution in [0.15, 0.2) is 52.1 Å². The first-order valence-corrected chi connectivity index (χ1v) is 10.4. The molecule has 1 aromatic carbocycles. The Labute approximate surface area is 178 Å². The summed E-state index contributed by atoms with van der Waals surface area (Å²) in [5.74, 6) is 0.273. The van der Waals surface area contributed by atoms with Crippen LogP contribution in [0.4, 0.5) is 5.69 Å². The van der Waals surface area contributed by atoms with Crippen molar-refractivity contribution in [3.8, 4) is 17.3 Å². The van der Waals surface area contributed by atoms with Crippen LogP contribution in [0.2, 0.25) is 0 Å². The minimum Gasteiger partial charge on any atom is -0.492 e. The van der Waals surface area contributed by atoms with E-state index in [1.165, 1.54) is 18.0 Å². The molecule has 0 aliphatic rings. The van der Waals surface area contributed by atoms with Gasteiger partial charge in [0, 0.05) is 0 Å². The maximum Gasteiger partial charge on any atom is 0.343 e. The summed E-state index contributed by atoms with van der Waals surface area (Å²) in [7, 11) is 0. The normalized spacial score (nSPS) is 10.5. The molecular weight excluding hydrogens is 406 g/mol. The van der Waals surface area contributed by atoms with Crippen LogP contribution < -0.4 is 10.1 Å². The van der Waals surface area contributed by atoms with Gasteiger partial charge in [-0.2, -0.15) is 0 Å². The number of amides is 1. The smallest absolute Gasteiger partial charge is 0.343 e. The van der Waals surface area contributed by atoms with E-state index in [1.807, 2.05) is 6.92 Å². The average molecular weight is 427 g/mol. The summed E-state index contributed by atoms with van der Waals surface area (Å²) in [6.07, 6.45) is 3.32. The van der Waals surface area contributed by atoms with E-state index in [0.29, 0.717) is 40.3 Å². The summed E-state index contributed by atoms with van der Waals surface area (Å²) in [6.45, 7) is 3.55. The maximum atomic E-state index is 12.6. The third-order valence-corrected chi connectivity index (χ3v) is 4.67. The van der Waals surface area contributed by atoms with Crippen LogP contribution in [0.5, 0.6) is 5.75 Å². The van der Waals surface area contributed by atoms with Gasteiger partial charge in [0.25, 0.3) is 5.91 Å². The first-order chi connectivity index (χ1) is 14.5. The maximum absolute atomic E-state index is 12.6. The number of aryl methyl sites for hydroxylation is 1. The zero-order valence-electron chi connectivity index (χ0n) is 16.8. The third-order valence-electron chi connectivity index (χ3n) is 3.99. The quantitative estimate of drug-likeness (QED) is 0.327. The minimum atomic E-state index is -0.670. The molecule has 0 unspecified atom stereocenters. The van der Waals surface area contributed by atoms with Crippen LogP contribution in [-0.2, 0) is 9.53 Å². The molecule has 3 rings (SSSR count). The number of benzene rings is 1. The first-order valence-electron chi connectivity index (χ1n) is 9.18. The molecule has 0 radical (unpaired) electrons. The van der Waals surface area contributed by atoms with Gasteiger partial charge in [-0.15, -0.1) is 11.8 Å². The highest BCUT2D eigenvalue weighted by Crippen LogP contribution is 2.26. The molecule has 0 bridgehead atoms. The van der Waals surface area contributed by atoms with Crippen LogP contribution in [-0.4, -0.2) is 41.3 Å². The fourth-order valence-electron chi connectivity index (χ4n) is 2.69. The Kier molecular flexibility index (Phi) is 7.08. The molecule has 3 aromatic rings. The first kappa shape index (κ1) is 21.4. The van der Waals surface area contributed by atoms with E-state index in [0.717, 1.165) is 0 Å². The standard InChI is InChI=1S/C21H21N3O5S/c1-4-27-15-9-6-5-8-14(15)23-17(25)12-29-21(26)18-13(2)22-19(24-20(18)30-3)16-10-7-11-28-16/h5-11H,4,12H2,1-3H3,(H,23,25). The predicted octanol–water partition coefficient (Wildman–Crippen LogP) is 3.96. The number of nitrogens with zero attached hydrogens (tertiary/aromatic N) is 2. The molecule has 2 heterocycles. The molecule has 0 atom stereocenters. The number of rotatable bonds is 8. The summed E-state index contributed by atoms with van der Waals surface area (Å²) in [4.78, 5) is 33.6. The molecule has 1 N–H and O–H groups in total. The lowest BCUT2D eigenvalue weighted by Crippen LogP contribution is -2.22. The van der Waals surface area contributed by atoms with Gasteiger partial charge in [0.15, 0.2) is 18.2 Å². The van der Waals surface area contributed by atoms with E-state index in [4.69, 9.17) is 13.9 Å². The minimum absolute atomic E-state index is 0.223. The van der Waals surface area contributed by atoms with Crippen LogP contribution in [0.1, 0.15) is 23.0 Å². The van der Waals surface area contributed by atoms with Crippen LogP contribution in [0.25, 0.3) is 11.6 Å². The van der Waals surface area contributed by atoms with E-state index < -0.39 is 18.5 Å². The molecule has 0 fully saturated rings. The lowest BCUT2D eigenvalue weighted by atomic mass is 10.2. The van der Waals surface area contributed by atoms with Crippen molar-refractivity contribution < 1.29 is 23.5 Å². The average Bonchev–Trinajstić information content (AvgIpc) is 3.28. The van der Waals surface area contributed by atoms with E-state index in [9.17, 15) is 9.59 Å². The second-order valence-electron chi connectivity index (χ2n) is 6.05. The van der Waals surface area contributed by atoms with Crippen molar-refractivity contribution in [2.75, 3.05) is 24.8 Å². The third kappa shape index (κ3) is 4.98. The Bertz CT molecular complexity index is 1040. The highest BCUT2D eigenvalue weighted by atomic mass is 32.2. The topological polar surface area (TPSA) is 104 Å². The number of anilines is 1. The van der Waals surface area contributed by atoms with Crippen molar-refractivity contribution in [3.05, 3.63) is 53.9 Å². The fourth-order valence-corrected chi connectivity index (χ4v) is 3.30. The summed E-state index contributed by atoms with van der Waals surface area (Å²) < 4.78 is 16.0. The van der Waals surface area contributed by atoms with Crippen molar-refractivity contribution in [2.24, 2.45) is 0 Å². The Morgan fingerprint density at radius 3 is 2.67 bits per heavy atom. The van der Waals surface area contributed by atoms with Gasteiger partial charge in [-0.3, -0.25) is 4.79 Å². The molecule has 30 heavy (non-hydrogen) atoms. The molecule has 0 saturated heterocycles. The number of para-hydroxylation sites is 2. The Morgan fingerprint density at radius 1 is 1.17 bits per heavy atom. The molecule has 0 aliphatic heterocycles. The highest BCUT2D eigenvalue weighted by molar-refractivity contribution is 7.98. The van der Waals surface area contributed by atoms with Gasteiger partial charge >= 0.3 is 5.97 Å². The summed E-state index contributed by atoms with van der Waals surface area (Å²) in [6, 6.07) is 10.5. The lowest BCUT2D eigenvalue weighted by Gasteiger charge is -2.13. The van der Waals surface area contributed by atoms with Gasteiger partial charge in [-0.1, -0.05) is 12.1 Å². The monoisotopic (exact) mass is 427 g/mol. The largest absolute Gasteiger partial charge is 0.492 e. The van der Waals surface area contributed by atoms with Crippen molar-refractivity contribution in [1.82, 2.24) is 9.97 Å². The van der Waals surface area contributed by atoms with Gasteiger partial charge in [0.1, 0.15) is 16.3 Å². The lowest BCUT2D eigenvalue weighted by molar-refractivity contribution is -0.119. The number of aromatic nitrogens is 2. The van der Waals surface area contributed by atoms with Crippen LogP contribution in [0, 0.1) is 6.92 Å². The van der Waals surface area contributed by atoms with Gasteiger partial charge in [-0.25, -0.2) is 14.8 Å². The summed E-state index contributed by atoms with van der Waals surface area (Å²) >= 11 is 1.28. The Hall–Kier alpha value is -3.33. The van der Waals surface area contributed by atoms with E-state index in [-0.39, 0.29) is 5.56 Å². The number of thioether (sulfide) groups is 1. The number of nitrogens with one attached hydrogen (secondary N) is 1. The van der Waals surface area contributed by atoms with Crippen molar-refractivity contribution >= 4 is 29.3 Å². The molecule has 156 valence electrons. The zero-order chi connectivity index (χ0) is 21.5. The molecule has 8 nitrogen and oxygen atoms in total. The van der Waals surface area contributed by atoms with Gasteiger partial charge < -0.3 is 19.2 Å². The number of ether oxygens (including phenoxy) is 2. The van der Waals surface area contributed by atoms with Crippen molar-refractivity contribution in [2.45, 2.75) is 18.9 Å². The van der Waals surface area contributed by atoms with E-state index in [2.05, 4.69) is 15.3 Å². The fraction of sp³-hybridized carbons (Fsp3) is 0.238. The second-order valence-corrected chi connectivity index (χ2v) is 6.84. The summed E-state index contributed by atoms with van der Waals surface area (Å²) in [5, 5.41) is 3.13. The second kappa shape index (κ2) is 9.93. The highest BCUT2D eigenvalue weighted by Gasteiger charge is 2.22. The van der Waals surface area contributed by atoms with E-state index in [1.54, 1.807) is 49.6 Å². The van der Waals surface area contributed by atoms with Crippen molar-refractivity contribution in [1.29, 1.82) is 0 Å². The number of carbonyl (C=O) groups is 2. The molecule has 0 aliphatic carbocycles. The number of carbonyl (C=O) groups excluding carboxylic acids is 2. The zero-order valence-corrected chi connectivity index (χ0v) is 17.6. The number of furan rings is 1. The Balaban J connectivity index is 1.70. The number of hydrogen-bond donors (Lipinski definition) is 1. The molecule has 9 heteroatoms. The van der Waals surface area contributed by atoms with Crippen LogP contribution >= 0.6 is 11.8 Å². The van der Waals surface area contributed by atoms with Crippen LogP contribution in [0.3, 0.4) is 0 Å². The number of hydrogen-bond acceptors (Lipinski definition) is 8. The predicted molar refractivity (Wildman–Crippen MR) is 113 cm³/mol. The van der Waals surface area contributed by atoms with Gasteiger partial charge in [-0.05, 0) is 44.4 Å². The van der Waals surface area contributed by atoms with Gasteiger partial charge in [0.05, 0.1) is 24.3 Å². The SMILES string of the molecule is CCOc1ccccc1NC(=O)COC(=O)c1c(C)nc(-c2ccco2)nc1SC.